The molecule has 1 aliphatic rings. The zero-order chi connectivity index (χ0) is 14.1. The molecule has 1 amide bonds. The Labute approximate surface area is 118 Å². The summed E-state index contributed by atoms with van der Waals surface area (Å²) in [5, 5.41) is 4.20. The third-order valence-electron chi connectivity index (χ3n) is 3.89. The fourth-order valence-electron chi connectivity index (χ4n) is 2.83. The van der Waals surface area contributed by atoms with E-state index in [1.807, 2.05) is 6.07 Å². The van der Waals surface area contributed by atoms with Gasteiger partial charge < -0.3 is 15.0 Å². The van der Waals surface area contributed by atoms with Crippen molar-refractivity contribution in [3.05, 3.63) is 35.0 Å². The van der Waals surface area contributed by atoms with Crippen LogP contribution in [0.15, 0.2) is 18.2 Å². The van der Waals surface area contributed by atoms with Crippen molar-refractivity contribution in [1.29, 1.82) is 0 Å². The van der Waals surface area contributed by atoms with Crippen molar-refractivity contribution in [3.63, 3.8) is 0 Å². The highest BCUT2D eigenvalue weighted by Crippen LogP contribution is 2.21. The van der Waals surface area contributed by atoms with Crippen molar-refractivity contribution in [2.45, 2.75) is 32.7 Å². The van der Waals surface area contributed by atoms with Crippen molar-refractivity contribution in [2.75, 3.05) is 13.2 Å². The number of hydrogen-bond donors (Lipinski definition) is 2. The smallest absolute Gasteiger partial charge is 0.267 e. The fourth-order valence-corrected chi connectivity index (χ4v) is 2.83. The number of benzene rings is 1. The number of aromatic amines is 1. The van der Waals surface area contributed by atoms with Crippen molar-refractivity contribution in [1.82, 2.24) is 10.3 Å². The van der Waals surface area contributed by atoms with E-state index >= 15 is 0 Å². The van der Waals surface area contributed by atoms with Crippen LogP contribution in [0.2, 0.25) is 0 Å². The number of nitrogens with one attached hydrogen (secondary N) is 2. The molecular formula is C16H20N2O2. The van der Waals surface area contributed by atoms with E-state index in [1.54, 1.807) is 0 Å². The van der Waals surface area contributed by atoms with Gasteiger partial charge >= 0.3 is 0 Å². The van der Waals surface area contributed by atoms with Crippen LogP contribution in [0.1, 0.15) is 34.5 Å². The number of carbonyl (C=O) groups excluding carboxylic acids is 1. The van der Waals surface area contributed by atoms with E-state index in [0.717, 1.165) is 37.0 Å². The maximum absolute atomic E-state index is 12.3. The summed E-state index contributed by atoms with van der Waals surface area (Å²) in [5.41, 5.74) is 4.06. The Bertz CT molecular complexity index is 639. The number of aromatic nitrogens is 1. The third kappa shape index (κ3) is 2.56. The standard InChI is InChI=1S/C16H20N2O2/c1-10-7-11(2)13-9-15(18-14(13)8-10)16(19)17-12-3-5-20-6-4-12/h7-9,12,18H,3-6H2,1-2H3,(H,17,19). The number of fused-ring (bicyclic) bond motifs is 1. The van der Waals surface area contributed by atoms with Crippen LogP contribution >= 0.6 is 0 Å². The fraction of sp³-hybridized carbons (Fsp3) is 0.438. The molecule has 2 aromatic rings. The van der Waals surface area contributed by atoms with Crippen LogP contribution in [0, 0.1) is 13.8 Å². The minimum atomic E-state index is -0.0230. The molecule has 1 aromatic carbocycles. The average molecular weight is 272 g/mol. The summed E-state index contributed by atoms with van der Waals surface area (Å²) in [6.07, 6.45) is 1.79. The highest BCUT2D eigenvalue weighted by atomic mass is 16.5. The van der Waals surface area contributed by atoms with Gasteiger partial charge in [-0.15, -0.1) is 0 Å². The second-order valence-corrected chi connectivity index (χ2v) is 5.59. The lowest BCUT2D eigenvalue weighted by molar-refractivity contribution is 0.0694. The molecule has 0 unspecified atom stereocenters. The number of hydrogen-bond acceptors (Lipinski definition) is 2. The third-order valence-corrected chi connectivity index (χ3v) is 3.89. The molecule has 0 aliphatic carbocycles. The first-order valence-electron chi connectivity index (χ1n) is 7.12. The Morgan fingerprint density at radius 3 is 2.75 bits per heavy atom. The maximum Gasteiger partial charge on any atom is 0.267 e. The number of ether oxygens (including phenoxy) is 1. The summed E-state index contributed by atoms with van der Waals surface area (Å²) >= 11 is 0. The average Bonchev–Trinajstić information content (AvgIpc) is 2.84. The Hall–Kier alpha value is -1.81. The van der Waals surface area contributed by atoms with Gasteiger partial charge in [-0.1, -0.05) is 6.07 Å². The normalized spacial score (nSPS) is 16.5. The molecule has 2 N–H and O–H groups in total. The van der Waals surface area contributed by atoms with E-state index < -0.39 is 0 Å². The molecule has 0 bridgehead atoms. The first-order chi connectivity index (χ1) is 9.63. The van der Waals surface area contributed by atoms with Gasteiger partial charge in [-0.3, -0.25) is 4.79 Å². The highest BCUT2D eigenvalue weighted by molar-refractivity contribution is 5.99. The predicted octanol–water partition coefficient (Wildman–Crippen LogP) is 2.69. The van der Waals surface area contributed by atoms with Gasteiger partial charge in [-0.2, -0.15) is 0 Å². The lowest BCUT2D eigenvalue weighted by Gasteiger charge is -2.22. The first kappa shape index (κ1) is 13.2. The molecule has 1 fully saturated rings. The van der Waals surface area contributed by atoms with Crippen LogP contribution in [0.25, 0.3) is 10.9 Å². The van der Waals surface area contributed by atoms with Crippen molar-refractivity contribution >= 4 is 16.8 Å². The van der Waals surface area contributed by atoms with Gasteiger partial charge in [0.1, 0.15) is 5.69 Å². The van der Waals surface area contributed by atoms with Gasteiger partial charge in [-0.05, 0) is 49.9 Å². The Kier molecular flexibility index (Phi) is 3.49. The zero-order valence-corrected chi connectivity index (χ0v) is 12.0. The molecule has 0 saturated carbocycles. The zero-order valence-electron chi connectivity index (χ0n) is 12.0. The second-order valence-electron chi connectivity index (χ2n) is 5.59. The quantitative estimate of drug-likeness (QED) is 0.883. The highest BCUT2D eigenvalue weighted by Gasteiger charge is 2.18. The van der Waals surface area contributed by atoms with Gasteiger partial charge in [0.05, 0.1) is 0 Å². The summed E-state index contributed by atoms with van der Waals surface area (Å²) in [7, 11) is 0. The molecule has 4 heteroatoms. The topological polar surface area (TPSA) is 54.1 Å². The van der Waals surface area contributed by atoms with Crippen LogP contribution in [-0.2, 0) is 4.74 Å². The van der Waals surface area contributed by atoms with Crippen LogP contribution < -0.4 is 5.32 Å². The van der Waals surface area contributed by atoms with E-state index in [1.165, 1.54) is 11.1 Å². The lowest BCUT2D eigenvalue weighted by Crippen LogP contribution is -2.39. The number of aryl methyl sites for hydroxylation is 2. The number of H-pyrrole nitrogens is 1. The summed E-state index contributed by atoms with van der Waals surface area (Å²) in [5.74, 6) is -0.0230. The summed E-state index contributed by atoms with van der Waals surface area (Å²) in [6.45, 7) is 5.60. The van der Waals surface area contributed by atoms with Crippen LogP contribution in [0.3, 0.4) is 0 Å². The van der Waals surface area contributed by atoms with E-state index in [9.17, 15) is 4.79 Å². The Morgan fingerprint density at radius 1 is 1.25 bits per heavy atom. The summed E-state index contributed by atoms with van der Waals surface area (Å²) in [4.78, 5) is 15.5. The van der Waals surface area contributed by atoms with Crippen molar-refractivity contribution < 1.29 is 9.53 Å². The van der Waals surface area contributed by atoms with Crippen LogP contribution in [-0.4, -0.2) is 30.1 Å². The number of rotatable bonds is 2. The Balaban J connectivity index is 1.82. The molecule has 20 heavy (non-hydrogen) atoms. The van der Waals surface area contributed by atoms with Crippen LogP contribution in [0.5, 0.6) is 0 Å². The minimum absolute atomic E-state index is 0.0230. The molecule has 0 spiro atoms. The molecule has 1 saturated heterocycles. The number of carbonyl (C=O) groups is 1. The molecule has 1 aromatic heterocycles. The van der Waals surface area contributed by atoms with Crippen molar-refractivity contribution in [3.8, 4) is 0 Å². The van der Waals surface area contributed by atoms with E-state index in [0.29, 0.717) is 5.69 Å². The van der Waals surface area contributed by atoms with E-state index in [-0.39, 0.29) is 11.9 Å². The molecule has 4 nitrogen and oxygen atoms in total. The maximum atomic E-state index is 12.3. The molecular weight excluding hydrogens is 252 g/mol. The van der Waals surface area contributed by atoms with E-state index in [4.69, 9.17) is 4.74 Å². The first-order valence-corrected chi connectivity index (χ1v) is 7.12. The van der Waals surface area contributed by atoms with Gasteiger partial charge in [-0.25, -0.2) is 0 Å². The SMILES string of the molecule is Cc1cc(C)c2cc(C(=O)NC3CCOCC3)[nH]c2c1. The van der Waals surface area contributed by atoms with Gasteiger partial charge in [0.15, 0.2) is 0 Å². The number of amides is 1. The minimum Gasteiger partial charge on any atom is -0.381 e. The van der Waals surface area contributed by atoms with E-state index in [2.05, 4.69) is 36.3 Å². The molecule has 106 valence electrons. The summed E-state index contributed by atoms with van der Waals surface area (Å²) < 4.78 is 5.30. The summed E-state index contributed by atoms with van der Waals surface area (Å²) in [6, 6.07) is 6.38. The molecule has 0 atom stereocenters. The van der Waals surface area contributed by atoms with Gasteiger partial charge in [0, 0.05) is 30.2 Å². The molecule has 2 heterocycles. The monoisotopic (exact) mass is 272 g/mol. The lowest BCUT2D eigenvalue weighted by atomic mass is 10.1. The Morgan fingerprint density at radius 2 is 2.00 bits per heavy atom. The van der Waals surface area contributed by atoms with Gasteiger partial charge in [0.2, 0.25) is 0 Å². The molecule has 1 aliphatic heterocycles. The molecule has 0 radical (unpaired) electrons. The second kappa shape index (κ2) is 5.29. The van der Waals surface area contributed by atoms with Gasteiger partial charge in [0.25, 0.3) is 5.91 Å². The predicted molar refractivity (Wildman–Crippen MR) is 79.1 cm³/mol. The van der Waals surface area contributed by atoms with Crippen LogP contribution in [0.4, 0.5) is 0 Å². The largest absolute Gasteiger partial charge is 0.381 e. The van der Waals surface area contributed by atoms with Crippen molar-refractivity contribution in [2.24, 2.45) is 0 Å². The molecule has 3 rings (SSSR count).